The van der Waals surface area contributed by atoms with Crippen molar-refractivity contribution in [3.05, 3.63) is 24.2 Å². The molecule has 1 unspecified atom stereocenters. The number of rotatable bonds is 3. The van der Waals surface area contributed by atoms with Crippen molar-refractivity contribution in [1.82, 2.24) is 19.5 Å². The average molecular weight is 274 g/mol. The number of aromatic nitrogens is 3. The van der Waals surface area contributed by atoms with Crippen molar-refractivity contribution in [3.8, 4) is 5.75 Å². The summed E-state index contributed by atoms with van der Waals surface area (Å²) in [5.74, 6) is 1.64. The van der Waals surface area contributed by atoms with E-state index in [9.17, 15) is 5.11 Å². The molecular formula is C15H22N4O. The minimum Gasteiger partial charge on any atom is -0.504 e. The molecule has 0 saturated carbocycles. The highest BCUT2D eigenvalue weighted by Gasteiger charge is 2.23. The fourth-order valence-electron chi connectivity index (χ4n) is 3.01. The zero-order valence-electron chi connectivity index (χ0n) is 12.2. The Morgan fingerprint density at radius 1 is 1.45 bits per heavy atom. The third-order valence-electron chi connectivity index (χ3n) is 4.14. The van der Waals surface area contributed by atoms with Crippen LogP contribution in [0.25, 0.3) is 5.65 Å². The molecule has 1 aliphatic rings. The number of hydrogen-bond donors (Lipinski definition) is 1. The van der Waals surface area contributed by atoms with Crippen LogP contribution in [0.5, 0.6) is 5.75 Å². The van der Waals surface area contributed by atoms with Gasteiger partial charge in [0.25, 0.3) is 0 Å². The summed E-state index contributed by atoms with van der Waals surface area (Å²) in [5.41, 5.74) is 0.555. The van der Waals surface area contributed by atoms with Gasteiger partial charge in [-0.1, -0.05) is 0 Å². The fraction of sp³-hybridized carbons (Fsp3) is 0.600. The monoisotopic (exact) mass is 274 g/mol. The molecule has 0 amide bonds. The lowest BCUT2D eigenvalue weighted by atomic mass is 9.94. The standard InChI is InChI=1S/C15H22N4O/c1-11(2)18-7-3-5-12(10-18)9-14-16-15-13(20)6-4-8-19(15)17-14/h4,6,8,11-12,20H,3,5,7,9-10H2,1-2H3. The predicted molar refractivity (Wildman–Crippen MR) is 77.8 cm³/mol. The second kappa shape index (κ2) is 5.40. The normalized spacial score (nSPS) is 20.9. The largest absolute Gasteiger partial charge is 0.504 e. The first-order valence-corrected chi connectivity index (χ1v) is 7.41. The second-order valence-electron chi connectivity index (χ2n) is 5.99. The molecule has 0 spiro atoms. The molecule has 0 aromatic carbocycles. The maximum absolute atomic E-state index is 9.77. The van der Waals surface area contributed by atoms with E-state index in [1.165, 1.54) is 19.4 Å². The Hall–Kier alpha value is -1.62. The van der Waals surface area contributed by atoms with Crippen LogP contribution in [0.2, 0.25) is 0 Å². The van der Waals surface area contributed by atoms with E-state index in [0.717, 1.165) is 18.8 Å². The van der Waals surface area contributed by atoms with Crippen molar-refractivity contribution < 1.29 is 5.11 Å². The van der Waals surface area contributed by atoms with Crippen LogP contribution in [-0.4, -0.2) is 43.7 Å². The number of fused-ring (bicyclic) bond motifs is 1. The van der Waals surface area contributed by atoms with Crippen molar-refractivity contribution in [2.45, 2.75) is 39.2 Å². The van der Waals surface area contributed by atoms with Crippen molar-refractivity contribution in [3.63, 3.8) is 0 Å². The summed E-state index contributed by atoms with van der Waals surface area (Å²) < 4.78 is 1.66. The van der Waals surface area contributed by atoms with Crippen LogP contribution in [0.1, 0.15) is 32.5 Å². The van der Waals surface area contributed by atoms with Gasteiger partial charge in [-0.25, -0.2) is 9.50 Å². The molecule has 0 bridgehead atoms. The zero-order chi connectivity index (χ0) is 14.1. The van der Waals surface area contributed by atoms with Crippen LogP contribution in [0.3, 0.4) is 0 Å². The summed E-state index contributed by atoms with van der Waals surface area (Å²) in [7, 11) is 0. The maximum Gasteiger partial charge on any atom is 0.197 e. The third-order valence-corrected chi connectivity index (χ3v) is 4.14. The van der Waals surface area contributed by atoms with Crippen LogP contribution in [0, 0.1) is 5.92 Å². The first-order chi connectivity index (χ1) is 9.63. The summed E-state index contributed by atoms with van der Waals surface area (Å²) in [6, 6.07) is 4.03. The lowest BCUT2D eigenvalue weighted by Gasteiger charge is -2.35. The molecule has 5 heteroatoms. The number of nitrogens with zero attached hydrogens (tertiary/aromatic N) is 4. The average Bonchev–Trinajstić information content (AvgIpc) is 2.83. The van der Waals surface area contributed by atoms with E-state index in [4.69, 9.17) is 0 Å². The van der Waals surface area contributed by atoms with Crippen LogP contribution >= 0.6 is 0 Å². The quantitative estimate of drug-likeness (QED) is 0.931. The minimum atomic E-state index is 0.193. The minimum absolute atomic E-state index is 0.193. The van der Waals surface area contributed by atoms with Gasteiger partial charge in [0, 0.05) is 25.2 Å². The van der Waals surface area contributed by atoms with E-state index < -0.39 is 0 Å². The molecule has 1 atom stereocenters. The molecule has 1 aliphatic heterocycles. The number of likely N-dealkylation sites (tertiary alicyclic amines) is 1. The summed E-state index contributed by atoms with van der Waals surface area (Å²) in [4.78, 5) is 6.99. The molecule has 3 rings (SSSR count). The lowest BCUT2D eigenvalue weighted by Crippen LogP contribution is -2.40. The fourth-order valence-corrected chi connectivity index (χ4v) is 3.01. The molecule has 0 radical (unpaired) electrons. The summed E-state index contributed by atoms with van der Waals surface area (Å²) in [6.07, 6.45) is 5.21. The first-order valence-electron chi connectivity index (χ1n) is 7.41. The smallest absolute Gasteiger partial charge is 0.197 e. The molecule has 2 aromatic heterocycles. The van der Waals surface area contributed by atoms with E-state index in [1.807, 2.05) is 6.20 Å². The Balaban J connectivity index is 1.74. The molecule has 0 aliphatic carbocycles. The number of piperidine rings is 1. The topological polar surface area (TPSA) is 53.7 Å². The highest BCUT2D eigenvalue weighted by molar-refractivity contribution is 5.51. The highest BCUT2D eigenvalue weighted by atomic mass is 16.3. The molecule has 2 aromatic rings. The van der Waals surface area contributed by atoms with Gasteiger partial charge in [-0.2, -0.15) is 5.10 Å². The molecule has 1 fully saturated rings. The van der Waals surface area contributed by atoms with Crippen molar-refractivity contribution in [1.29, 1.82) is 0 Å². The molecule has 3 heterocycles. The first kappa shape index (κ1) is 13.4. The van der Waals surface area contributed by atoms with Gasteiger partial charge in [0.2, 0.25) is 0 Å². The lowest BCUT2D eigenvalue weighted by molar-refractivity contribution is 0.138. The van der Waals surface area contributed by atoms with Gasteiger partial charge in [-0.05, 0) is 51.3 Å². The SMILES string of the molecule is CC(C)N1CCCC(Cc2nc3c(O)cccn3n2)C1. The highest BCUT2D eigenvalue weighted by Crippen LogP contribution is 2.22. The van der Waals surface area contributed by atoms with Gasteiger partial charge in [0.1, 0.15) is 0 Å². The van der Waals surface area contributed by atoms with Gasteiger partial charge in [-0.15, -0.1) is 0 Å². The van der Waals surface area contributed by atoms with Gasteiger partial charge >= 0.3 is 0 Å². The van der Waals surface area contributed by atoms with Crippen LogP contribution in [-0.2, 0) is 6.42 Å². The van der Waals surface area contributed by atoms with E-state index in [-0.39, 0.29) is 5.75 Å². The Bertz CT molecular complexity index is 593. The van der Waals surface area contributed by atoms with E-state index >= 15 is 0 Å². The summed E-state index contributed by atoms with van der Waals surface area (Å²) in [5, 5.41) is 14.2. The van der Waals surface area contributed by atoms with Crippen molar-refractivity contribution >= 4 is 5.65 Å². The van der Waals surface area contributed by atoms with Gasteiger partial charge in [-0.3, -0.25) is 0 Å². The molecule has 20 heavy (non-hydrogen) atoms. The third kappa shape index (κ3) is 2.63. The molecule has 1 saturated heterocycles. The molecular weight excluding hydrogens is 252 g/mol. The van der Waals surface area contributed by atoms with Crippen molar-refractivity contribution in [2.75, 3.05) is 13.1 Å². The molecule has 1 N–H and O–H groups in total. The Labute approximate surface area is 119 Å². The van der Waals surface area contributed by atoms with Gasteiger partial charge in [0.05, 0.1) is 0 Å². The van der Waals surface area contributed by atoms with Gasteiger partial charge in [0.15, 0.2) is 17.2 Å². The van der Waals surface area contributed by atoms with Crippen molar-refractivity contribution in [2.24, 2.45) is 5.92 Å². The Morgan fingerprint density at radius 3 is 3.05 bits per heavy atom. The second-order valence-corrected chi connectivity index (χ2v) is 5.99. The van der Waals surface area contributed by atoms with E-state index in [2.05, 4.69) is 28.8 Å². The van der Waals surface area contributed by atoms with Gasteiger partial charge < -0.3 is 10.0 Å². The van der Waals surface area contributed by atoms with Crippen LogP contribution in [0.15, 0.2) is 18.3 Å². The summed E-state index contributed by atoms with van der Waals surface area (Å²) in [6.45, 7) is 6.83. The summed E-state index contributed by atoms with van der Waals surface area (Å²) >= 11 is 0. The van der Waals surface area contributed by atoms with Crippen LogP contribution < -0.4 is 0 Å². The predicted octanol–water partition coefficient (Wildman–Crippen LogP) is 2.10. The molecule has 108 valence electrons. The number of aromatic hydroxyl groups is 1. The van der Waals surface area contributed by atoms with E-state index in [1.54, 1.807) is 16.6 Å². The molecule has 5 nitrogen and oxygen atoms in total. The zero-order valence-corrected chi connectivity index (χ0v) is 12.2. The van der Waals surface area contributed by atoms with E-state index in [0.29, 0.717) is 17.6 Å². The number of pyridine rings is 1. The Kier molecular flexibility index (Phi) is 3.61. The Morgan fingerprint density at radius 2 is 2.30 bits per heavy atom. The van der Waals surface area contributed by atoms with Crippen LogP contribution in [0.4, 0.5) is 0 Å². The number of hydrogen-bond acceptors (Lipinski definition) is 4. The maximum atomic E-state index is 9.77.